The molecular formula is C48H40N6. The van der Waals surface area contributed by atoms with Crippen LogP contribution in [0.4, 0.5) is 17.1 Å². The van der Waals surface area contributed by atoms with Crippen LogP contribution < -0.4 is 4.90 Å². The van der Waals surface area contributed by atoms with Crippen LogP contribution in [0.2, 0.25) is 0 Å². The van der Waals surface area contributed by atoms with E-state index >= 15 is 0 Å². The van der Waals surface area contributed by atoms with Gasteiger partial charge in [0.25, 0.3) is 0 Å². The van der Waals surface area contributed by atoms with Crippen LogP contribution in [0.5, 0.6) is 0 Å². The fraction of sp³-hybridized carbons (Fsp3) is 0.167. The molecule has 0 N–H and O–H groups in total. The fourth-order valence-electron chi connectivity index (χ4n) is 8.52. The molecule has 54 heavy (non-hydrogen) atoms. The molecule has 0 fully saturated rings. The van der Waals surface area contributed by atoms with Crippen molar-refractivity contribution >= 4 is 88.8 Å². The highest BCUT2D eigenvalue weighted by Crippen LogP contribution is 2.43. The zero-order valence-corrected chi connectivity index (χ0v) is 31.4. The Morgan fingerprint density at radius 3 is 1.19 bits per heavy atom. The summed E-state index contributed by atoms with van der Waals surface area (Å²) in [5.41, 5.74) is 13.4. The van der Waals surface area contributed by atoms with Gasteiger partial charge < -0.3 is 4.90 Å². The van der Waals surface area contributed by atoms with E-state index in [4.69, 9.17) is 9.97 Å². The molecule has 6 nitrogen and oxygen atoms in total. The summed E-state index contributed by atoms with van der Waals surface area (Å²) in [4.78, 5) is 13.1. The molecule has 4 heterocycles. The maximum atomic E-state index is 5.35. The average Bonchev–Trinajstić information content (AvgIpc) is 3.88. The first-order valence-electron chi connectivity index (χ1n) is 18.8. The molecule has 0 saturated carbocycles. The number of hydrogen-bond donors (Lipinski definition) is 0. The van der Waals surface area contributed by atoms with Crippen molar-refractivity contribution in [3.63, 3.8) is 0 Å². The Morgan fingerprint density at radius 1 is 0.407 bits per heavy atom. The van der Waals surface area contributed by atoms with Crippen molar-refractivity contribution in [1.29, 1.82) is 0 Å². The summed E-state index contributed by atoms with van der Waals surface area (Å²) in [6, 6.07) is 49.0. The van der Waals surface area contributed by atoms with Crippen LogP contribution in [0.3, 0.4) is 0 Å². The first kappa shape index (κ1) is 31.2. The van der Waals surface area contributed by atoms with Crippen molar-refractivity contribution in [2.75, 3.05) is 4.90 Å². The molecule has 0 unspecified atom stereocenters. The van der Waals surface area contributed by atoms with Crippen molar-refractivity contribution in [3.05, 3.63) is 145 Å². The summed E-state index contributed by atoms with van der Waals surface area (Å²) in [5.74, 6) is 1.73. The Kier molecular flexibility index (Phi) is 6.12. The van der Waals surface area contributed by atoms with Crippen molar-refractivity contribution in [1.82, 2.24) is 23.2 Å². The molecule has 6 heteroatoms. The number of imidazole rings is 4. The van der Waals surface area contributed by atoms with Crippen LogP contribution in [0.15, 0.2) is 133 Å². The van der Waals surface area contributed by atoms with Crippen LogP contribution in [-0.2, 0) is 10.8 Å². The summed E-state index contributed by atoms with van der Waals surface area (Å²) in [6.07, 6.45) is 0. The quantitative estimate of drug-likeness (QED) is 0.184. The third-order valence-corrected chi connectivity index (χ3v) is 11.4. The van der Waals surface area contributed by atoms with Gasteiger partial charge in [-0.3, -0.25) is 8.80 Å². The van der Waals surface area contributed by atoms with Gasteiger partial charge >= 0.3 is 0 Å². The van der Waals surface area contributed by atoms with Crippen molar-refractivity contribution < 1.29 is 0 Å². The largest absolute Gasteiger partial charge is 0.310 e. The van der Waals surface area contributed by atoms with Crippen LogP contribution in [0.25, 0.3) is 71.7 Å². The van der Waals surface area contributed by atoms with Crippen LogP contribution >= 0.6 is 0 Å². The van der Waals surface area contributed by atoms with E-state index < -0.39 is 0 Å². The van der Waals surface area contributed by atoms with Gasteiger partial charge in [0.15, 0.2) is 0 Å². The second-order valence-electron chi connectivity index (χ2n) is 17.0. The van der Waals surface area contributed by atoms with Crippen molar-refractivity contribution in [2.24, 2.45) is 0 Å². The lowest BCUT2D eigenvalue weighted by Crippen LogP contribution is -2.14. The highest BCUT2D eigenvalue weighted by molar-refractivity contribution is 6.09. The number of hydrogen-bond acceptors (Lipinski definition) is 3. The normalized spacial score (nSPS) is 13.0. The first-order chi connectivity index (χ1) is 26.0. The van der Waals surface area contributed by atoms with E-state index in [1.54, 1.807) is 0 Å². The molecule has 0 aliphatic rings. The maximum Gasteiger partial charge on any atom is 0.223 e. The zero-order chi connectivity index (χ0) is 36.7. The van der Waals surface area contributed by atoms with E-state index in [0.29, 0.717) is 0 Å². The minimum atomic E-state index is 0.0484. The second-order valence-corrected chi connectivity index (χ2v) is 17.0. The molecule has 0 radical (unpaired) electrons. The number of nitrogens with zero attached hydrogens (tertiary/aromatic N) is 6. The van der Waals surface area contributed by atoms with Crippen LogP contribution in [-0.4, -0.2) is 23.2 Å². The van der Waals surface area contributed by atoms with E-state index in [0.717, 1.165) is 67.2 Å². The SMILES string of the molecule is CC(C)(C)c1ccc(N(c2ccc(C(C)(C)C)cc2)c2cc3c4c(c2)n2c5cc6ccccc6cc5nc2n4c2nc4cc5ccccc5cc4n32)cc1. The molecular weight excluding hydrogens is 661 g/mol. The molecule has 262 valence electrons. The number of fused-ring (bicyclic) bond motifs is 12. The lowest BCUT2D eigenvalue weighted by molar-refractivity contribution is 0.590. The smallest absolute Gasteiger partial charge is 0.223 e. The molecule has 0 aliphatic carbocycles. The summed E-state index contributed by atoms with van der Waals surface area (Å²) < 4.78 is 6.95. The Balaban J connectivity index is 1.27. The van der Waals surface area contributed by atoms with Gasteiger partial charge in [-0.05, 0) is 104 Å². The molecule has 11 aromatic rings. The molecule has 7 aromatic carbocycles. The Labute approximate surface area is 312 Å². The highest BCUT2D eigenvalue weighted by Gasteiger charge is 2.27. The van der Waals surface area contributed by atoms with E-state index in [1.165, 1.54) is 32.7 Å². The molecule has 4 aromatic heterocycles. The monoisotopic (exact) mass is 700 g/mol. The molecule has 0 spiro atoms. The van der Waals surface area contributed by atoms with Gasteiger partial charge in [-0.2, -0.15) is 0 Å². The number of benzene rings is 7. The lowest BCUT2D eigenvalue weighted by atomic mass is 9.86. The predicted octanol–water partition coefficient (Wildman–Crippen LogP) is 12.5. The van der Waals surface area contributed by atoms with Gasteiger partial charge in [0.2, 0.25) is 11.6 Å². The molecule has 0 atom stereocenters. The fourth-order valence-corrected chi connectivity index (χ4v) is 8.52. The van der Waals surface area contributed by atoms with Crippen LogP contribution in [0.1, 0.15) is 52.7 Å². The minimum absolute atomic E-state index is 0.0484. The molecule has 0 aliphatic heterocycles. The summed E-state index contributed by atoms with van der Waals surface area (Å²) >= 11 is 0. The maximum absolute atomic E-state index is 5.35. The first-order valence-corrected chi connectivity index (χ1v) is 18.8. The topological polar surface area (TPSA) is 42.2 Å². The van der Waals surface area contributed by atoms with Gasteiger partial charge in [0.05, 0.1) is 38.8 Å². The van der Waals surface area contributed by atoms with Gasteiger partial charge in [-0.15, -0.1) is 0 Å². The third kappa shape index (κ3) is 4.40. The van der Waals surface area contributed by atoms with E-state index in [9.17, 15) is 0 Å². The Hall–Kier alpha value is -6.40. The standard InChI is InChI=1S/C48H40N6/c1-47(2,3)33-15-19-35(20-16-33)51(36-21-17-34(18-22-36)48(4,5)6)37-27-42-44-43(28-37)53-41-26-32-14-10-8-12-30(32)24-39(41)50-46(53)54(44)45-49-38-23-29-11-7-9-13-31(29)25-40(38)52(42)45/h7-28H,1-6H3. The van der Waals surface area contributed by atoms with Gasteiger partial charge in [-0.1, -0.05) is 114 Å². The van der Waals surface area contributed by atoms with Crippen molar-refractivity contribution in [3.8, 4) is 0 Å². The van der Waals surface area contributed by atoms with E-state index in [1.807, 2.05) is 0 Å². The average molecular weight is 701 g/mol. The van der Waals surface area contributed by atoms with Crippen molar-refractivity contribution in [2.45, 2.75) is 52.4 Å². The molecule has 11 rings (SSSR count). The minimum Gasteiger partial charge on any atom is -0.310 e. The highest BCUT2D eigenvalue weighted by atomic mass is 15.3. The summed E-state index contributed by atoms with van der Waals surface area (Å²) in [7, 11) is 0. The molecule has 0 saturated heterocycles. The lowest BCUT2D eigenvalue weighted by Gasteiger charge is -2.28. The number of rotatable bonds is 3. The summed E-state index contributed by atoms with van der Waals surface area (Å²) in [6.45, 7) is 13.6. The molecule has 0 bridgehead atoms. The second kappa shape index (κ2) is 10.6. The van der Waals surface area contributed by atoms with Gasteiger partial charge in [0, 0.05) is 11.4 Å². The number of anilines is 3. The van der Waals surface area contributed by atoms with Crippen LogP contribution in [0, 0.1) is 0 Å². The van der Waals surface area contributed by atoms with Gasteiger partial charge in [-0.25, -0.2) is 14.4 Å². The summed E-state index contributed by atoms with van der Waals surface area (Å²) in [5, 5.41) is 4.75. The predicted molar refractivity (Wildman–Crippen MR) is 226 cm³/mol. The number of aromatic nitrogens is 5. The third-order valence-electron chi connectivity index (χ3n) is 11.4. The Bertz CT molecular complexity index is 3060. The molecule has 0 amide bonds. The van der Waals surface area contributed by atoms with E-state index in [2.05, 4.69) is 193 Å². The van der Waals surface area contributed by atoms with Gasteiger partial charge in [0.1, 0.15) is 5.52 Å². The zero-order valence-electron chi connectivity index (χ0n) is 31.4. The van der Waals surface area contributed by atoms with E-state index in [-0.39, 0.29) is 10.8 Å². The Morgan fingerprint density at radius 2 is 0.796 bits per heavy atom.